The molecule has 1 heterocycles. The fraction of sp³-hybridized carbons (Fsp3) is 0.375. The number of hydrogen-bond donors (Lipinski definition) is 1. The number of nitrogens with one attached hydrogen (secondary N) is 1. The average molecular weight is 244 g/mol. The molecule has 0 radical (unpaired) electrons. The Bertz CT molecular complexity index is 276. The maximum atomic E-state index is 11.3. The monoisotopic (exact) mass is 243 g/mol. The SMILES string of the molecule is CC(Br)CNC(=O)c1ccnnc1. The summed E-state index contributed by atoms with van der Waals surface area (Å²) in [5, 5.41) is 9.94. The van der Waals surface area contributed by atoms with Crippen LogP contribution in [0.3, 0.4) is 0 Å². The molecule has 4 nitrogen and oxygen atoms in total. The molecule has 0 aliphatic carbocycles. The van der Waals surface area contributed by atoms with Crippen molar-refractivity contribution in [1.29, 1.82) is 0 Å². The number of rotatable bonds is 3. The van der Waals surface area contributed by atoms with Crippen LogP contribution in [0.4, 0.5) is 0 Å². The lowest BCUT2D eigenvalue weighted by Gasteiger charge is -2.05. The van der Waals surface area contributed by atoms with E-state index in [2.05, 4.69) is 31.4 Å². The van der Waals surface area contributed by atoms with E-state index in [0.717, 1.165) is 0 Å². The molecule has 0 saturated heterocycles. The van der Waals surface area contributed by atoms with Gasteiger partial charge in [-0.15, -0.1) is 0 Å². The lowest BCUT2D eigenvalue weighted by molar-refractivity contribution is 0.0953. The normalized spacial score (nSPS) is 12.2. The van der Waals surface area contributed by atoms with Gasteiger partial charge in [-0.1, -0.05) is 22.9 Å². The fourth-order valence-electron chi connectivity index (χ4n) is 0.760. The lowest BCUT2D eigenvalue weighted by Crippen LogP contribution is -2.28. The topological polar surface area (TPSA) is 54.9 Å². The van der Waals surface area contributed by atoms with Crippen LogP contribution >= 0.6 is 15.9 Å². The number of hydrogen-bond acceptors (Lipinski definition) is 3. The molecule has 1 N–H and O–H groups in total. The Hall–Kier alpha value is -0.970. The molecule has 1 aromatic heterocycles. The fourth-order valence-corrected chi connectivity index (χ4v) is 0.922. The van der Waals surface area contributed by atoms with Gasteiger partial charge in [-0.05, 0) is 6.07 Å². The van der Waals surface area contributed by atoms with E-state index in [1.807, 2.05) is 6.92 Å². The van der Waals surface area contributed by atoms with Crippen LogP contribution in [0.2, 0.25) is 0 Å². The van der Waals surface area contributed by atoms with Gasteiger partial charge in [0.25, 0.3) is 5.91 Å². The summed E-state index contributed by atoms with van der Waals surface area (Å²) in [5.74, 6) is -0.124. The molecule has 1 rings (SSSR count). The summed E-state index contributed by atoms with van der Waals surface area (Å²) in [4.78, 5) is 11.6. The Morgan fingerprint density at radius 2 is 2.46 bits per heavy atom. The molecule has 5 heteroatoms. The van der Waals surface area contributed by atoms with Crippen LogP contribution in [0.25, 0.3) is 0 Å². The van der Waals surface area contributed by atoms with Crippen LogP contribution in [0, 0.1) is 0 Å². The van der Waals surface area contributed by atoms with Crippen molar-refractivity contribution in [2.24, 2.45) is 0 Å². The molecule has 1 amide bonds. The van der Waals surface area contributed by atoms with Crippen molar-refractivity contribution in [3.05, 3.63) is 24.0 Å². The van der Waals surface area contributed by atoms with Crippen molar-refractivity contribution in [2.45, 2.75) is 11.8 Å². The Kier molecular flexibility index (Phi) is 3.82. The lowest BCUT2D eigenvalue weighted by atomic mass is 10.3. The molecule has 0 aliphatic rings. The molecule has 0 aromatic carbocycles. The third kappa shape index (κ3) is 3.50. The van der Waals surface area contributed by atoms with Crippen LogP contribution < -0.4 is 5.32 Å². The van der Waals surface area contributed by atoms with E-state index in [9.17, 15) is 4.79 Å². The molecule has 13 heavy (non-hydrogen) atoms. The molecule has 0 fully saturated rings. The van der Waals surface area contributed by atoms with Gasteiger partial charge in [0.15, 0.2) is 0 Å². The van der Waals surface area contributed by atoms with Gasteiger partial charge in [-0.25, -0.2) is 0 Å². The minimum atomic E-state index is -0.124. The highest BCUT2D eigenvalue weighted by molar-refractivity contribution is 9.09. The first-order valence-electron chi connectivity index (χ1n) is 3.89. The van der Waals surface area contributed by atoms with Crippen LogP contribution in [-0.2, 0) is 0 Å². The van der Waals surface area contributed by atoms with E-state index in [4.69, 9.17) is 0 Å². The maximum Gasteiger partial charge on any atom is 0.253 e. The van der Waals surface area contributed by atoms with E-state index >= 15 is 0 Å². The van der Waals surface area contributed by atoms with E-state index in [1.165, 1.54) is 12.4 Å². The molecule has 0 saturated carbocycles. The average Bonchev–Trinajstić information content (AvgIpc) is 2.15. The van der Waals surface area contributed by atoms with E-state index in [-0.39, 0.29) is 10.7 Å². The molecular weight excluding hydrogens is 234 g/mol. The van der Waals surface area contributed by atoms with Crippen molar-refractivity contribution in [1.82, 2.24) is 15.5 Å². The largest absolute Gasteiger partial charge is 0.351 e. The number of alkyl halides is 1. The molecule has 1 atom stereocenters. The van der Waals surface area contributed by atoms with E-state index < -0.39 is 0 Å². The second-order valence-electron chi connectivity index (χ2n) is 2.62. The summed E-state index contributed by atoms with van der Waals surface area (Å²) in [6.07, 6.45) is 2.93. The highest BCUT2D eigenvalue weighted by Gasteiger charge is 2.05. The minimum Gasteiger partial charge on any atom is -0.351 e. The maximum absolute atomic E-state index is 11.3. The molecule has 1 aromatic rings. The third-order valence-electron chi connectivity index (χ3n) is 1.39. The van der Waals surface area contributed by atoms with Gasteiger partial charge in [-0.3, -0.25) is 4.79 Å². The van der Waals surface area contributed by atoms with Gasteiger partial charge in [0.1, 0.15) is 0 Å². The number of carbonyl (C=O) groups is 1. The van der Waals surface area contributed by atoms with Gasteiger partial charge >= 0.3 is 0 Å². The Morgan fingerprint density at radius 3 is 3.00 bits per heavy atom. The number of carbonyl (C=O) groups excluding carboxylic acids is 1. The van der Waals surface area contributed by atoms with Gasteiger partial charge in [0.05, 0.1) is 18.0 Å². The zero-order valence-electron chi connectivity index (χ0n) is 7.20. The van der Waals surface area contributed by atoms with Crippen LogP contribution in [0.15, 0.2) is 18.5 Å². The highest BCUT2D eigenvalue weighted by atomic mass is 79.9. The summed E-state index contributed by atoms with van der Waals surface area (Å²) < 4.78 is 0. The number of amides is 1. The Morgan fingerprint density at radius 1 is 1.69 bits per heavy atom. The second kappa shape index (κ2) is 4.91. The summed E-state index contributed by atoms with van der Waals surface area (Å²) in [5.41, 5.74) is 0.531. The van der Waals surface area contributed by atoms with Crippen molar-refractivity contribution < 1.29 is 4.79 Å². The summed E-state index contributed by atoms with van der Waals surface area (Å²) in [6, 6.07) is 1.63. The predicted octanol–water partition coefficient (Wildman–Crippen LogP) is 0.990. The molecule has 0 spiro atoms. The molecule has 70 valence electrons. The van der Waals surface area contributed by atoms with Crippen molar-refractivity contribution in [3.8, 4) is 0 Å². The van der Waals surface area contributed by atoms with Crippen LogP contribution in [0.5, 0.6) is 0 Å². The van der Waals surface area contributed by atoms with Crippen molar-refractivity contribution in [3.63, 3.8) is 0 Å². The van der Waals surface area contributed by atoms with E-state index in [0.29, 0.717) is 12.1 Å². The second-order valence-corrected chi connectivity index (χ2v) is 4.19. The van der Waals surface area contributed by atoms with Gasteiger partial charge in [-0.2, -0.15) is 10.2 Å². The van der Waals surface area contributed by atoms with Crippen LogP contribution in [0.1, 0.15) is 17.3 Å². The molecule has 0 aliphatic heterocycles. The quantitative estimate of drug-likeness (QED) is 0.806. The molecule has 1 unspecified atom stereocenters. The first kappa shape index (κ1) is 10.1. The van der Waals surface area contributed by atoms with Gasteiger partial charge in [0, 0.05) is 11.4 Å². The van der Waals surface area contributed by atoms with Crippen molar-refractivity contribution >= 4 is 21.8 Å². The third-order valence-corrected chi connectivity index (χ3v) is 1.71. The number of aromatic nitrogens is 2. The zero-order chi connectivity index (χ0) is 9.68. The first-order chi connectivity index (χ1) is 6.20. The Balaban J connectivity index is 2.50. The number of nitrogens with zero attached hydrogens (tertiary/aromatic N) is 2. The minimum absolute atomic E-state index is 0.124. The number of halogens is 1. The summed E-state index contributed by atoms with van der Waals surface area (Å²) in [6.45, 7) is 2.56. The van der Waals surface area contributed by atoms with Crippen LogP contribution in [-0.4, -0.2) is 27.5 Å². The standard InChI is InChI=1S/C8H10BrN3O/c1-6(9)4-10-8(13)7-2-3-11-12-5-7/h2-3,5-6H,4H2,1H3,(H,10,13). The van der Waals surface area contributed by atoms with Crippen molar-refractivity contribution in [2.75, 3.05) is 6.54 Å². The first-order valence-corrected chi connectivity index (χ1v) is 4.80. The molecular formula is C8H10BrN3O. The van der Waals surface area contributed by atoms with Gasteiger partial charge < -0.3 is 5.32 Å². The smallest absolute Gasteiger partial charge is 0.253 e. The summed E-state index contributed by atoms with van der Waals surface area (Å²) in [7, 11) is 0. The van der Waals surface area contributed by atoms with Gasteiger partial charge in [0.2, 0.25) is 0 Å². The molecule has 0 bridgehead atoms. The zero-order valence-corrected chi connectivity index (χ0v) is 8.78. The highest BCUT2D eigenvalue weighted by Crippen LogP contribution is 1.97. The summed E-state index contributed by atoms with van der Waals surface area (Å²) >= 11 is 3.33. The van der Waals surface area contributed by atoms with E-state index in [1.54, 1.807) is 6.07 Å². The Labute approximate surface area is 84.9 Å². The predicted molar refractivity (Wildman–Crippen MR) is 52.8 cm³/mol.